The summed E-state index contributed by atoms with van der Waals surface area (Å²) in [4.78, 5) is 0. The van der Waals surface area contributed by atoms with Crippen molar-refractivity contribution in [3.05, 3.63) is 0 Å². The highest BCUT2D eigenvalue weighted by Crippen LogP contribution is 2.32. The molecule has 0 radical (unpaired) electrons. The molecule has 0 spiro atoms. The van der Waals surface area contributed by atoms with E-state index in [4.69, 9.17) is 0 Å². The van der Waals surface area contributed by atoms with Crippen LogP contribution in [0.3, 0.4) is 0 Å². The summed E-state index contributed by atoms with van der Waals surface area (Å²) in [5.74, 6) is 2.88. The average molecular weight is 223 g/mol. The molecule has 2 aliphatic rings. The van der Waals surface area contributed by atoms with Gasteiger partial charge in [0, 0.05) is 12.1 Å². The lowest BCUT2D eigenvalue weighted by atomic mass is 9.78. The first-order chi connectivity index (χ1) is 7.65. The van der Waals surface area contributed by atoms with Gasteiger partial charge in [-0.2, -0.15) is 0 Å². The third-order valence-corrected chi connectivity index (χ3v) is 4.84. The number of hydrogen-bond acceptors (Lipinski definition) is 1. The number of hydrogen-bond donors (Lipinski definition) is 1. The van der Waals surface area contributed by atoms with E-state index in [0.29, 0.717) is 0 Å². The summed E-state index contributed by atoms with van der Waals surface area (Å²) < 4.78 is 0. The molecule has 0 aromatic heterocycles. The fourth-order valence-electron chi connectivity index (χ4n) is 3.57. The average Bonchev–Trinajstić information content (AvgIpc) is 2.16. The van der Waals surface area contributed by atoms with E-state index < -0.39 is 0 Å². The van der Waals surface area contributed by atoms with Gasteiger partial charge in [0.1, 0.15) is 0 Å². The minimum atomic E-state index is 0.742. The predicted molar refractivity (Wildman–Crippen MR) is 70.5 cm³/mol. The van der Waals surface area contributed by atoms with Gasteiger partial charge in [0.25, 0.3) is 0 Å². The molecule has 1 N–H and O–H groups in total. The van der Waals surface area contributed by atoms with E-state index in [1.54, 1.807) is 0 Å². The van der Waals surface area contributed by atoms with Gasteiger partial charge in [0.05, 0.1) is 0 Å². The van der Waals surface area contributed by atoms with Gasteiger partial charge in [-0.3, -0.25) is 0 Å². The number of rotatable bonds is 4. The van der Waals surface area contributed by atoms with Gasteiger partial charge >= 0.3 is 0 Å². The third kappa shape index (κ3) is 3.23. The largest absolute Gasteiger partial charge is 0.311 e. The van der Waals surface area contributed by atoms with Gasteiger partial charge in [0.15, 0.2) is 0 Å². The van der Waals surface area contributed by atoms with Crippen LogP contribution in [-0.4, -0.2) is 12.1 Å². The van der Waals surface area contributed by atoms with Crippen molar-refractivity contribution in [3.8, 4) is 0 Å². The predicted octanol–water partition coefficient (Wildman–Crippen LogP) is 3.98. The zero-order chi connectivity index (χ0) is 11.5. The van der Waals surface area contributed by atoms with E-state index in [9.17, 15) is 0 Å². The van der Waals surface area contributed by atoms with E-state index >= 15 is 0 Å². The van der Waals surface area contributed by atoms with Crippen LogP contribution in [0.25, 0.3) is 0 Å². The molecule has 0 aromatic carbocycles. The Morgan fingerprint density at radius 3 is 2.44 bits per heavy atom. The summed E-state index contributed by atoms with van der Waals surface area (Å²) in [7, 11) is 0. The molecule has 2 saturated carbocycles. The molecule has 2 rings (SSSR count). The van der Waals surface area contributed by atoms with Gasteiger partial charge in [-0.25, -0.2) is 0 Å². The molecule has 1 heteroatoms. The van der Waals surface area contributed by atoms with Crippen molar-refractivity contribution in [2.24, 2.45) is 17.8 Å². The molecule has 2 aliphatic carbocycles. The maximum atomic E-state index is 3.89. The SMILES string of the molecule is CC1CCC(NC(C)CC2CCC2)C(C)C1. The fourth-order valence-corrected chi connectivity index (χ4v) is 3.57. The van der Waals surface area contributed by atoms with Crippen LogP contribution in [0.4, 0.5) is 0 Å². The van der Waals surface area contributed by atoms with Crippen molar-refractivity contribution in [2.45, 2.75) is 77.8 Å². The molecular formula is C15H29N. The molecule has 0 heterocycles. The third-order valence-electron chi connectivity index (χ3n) is 4.84. The summed E-state index contributed by atoms with van der Waals surface area (Å²) in [5, 5.41) is 3.89. The van der Waals surface area contributed by atoms with E-state index in [2.05, 4.69) is 26.1 Å². The highest BCUT2D eigenvalue weighted by atomic mass is 15.0. The first-order valence-corrected chi connectivity index (χ1v) is 7.41. The van der Waals surface area contributed by atoms with Crippen LogP contribution in [0.5, 0.6) is 0 Å². The van der Waals surface area contributed by atoms with E-state index in [1.807, 2.05) is 0 Å². The molecule has 4 unspecified atom stereocenters. The lowest BCUT2D eigenvalue weighted by Crippen LogP contribution is -2.44. The van der Waals surface area contributed by atoms with Gasteiger partial charge < -0.3 is 5.32 Å². The zero-order valence-corrected chi connectivity index (χ0v) is 11.3. The number of nitrogens with one attached hydrogen (secondary N) is 1. The lowest BCUT2D eigenvalue weighted by Gasteiger charge is -2.37. The molecule has 0 amide bonds. The Morgan fingerprint density at radius 1 is 1.12 bits per heavy atom. The second kappa shape index (κ2) is 5.53. The van der Waals surface area contributed by atoms with Gasteiger partial charge in [0.2, 0.25) is 0 Å². The van der Waals surface area contributed by atoms with Crippen molar-refractivity contribution < 1.29 is 0 Å². The Hall–Kier alpha value is -0.0400. The molecular weight excluding hydrogens is 194 g/mol. The standard InChI is InChI=1S/C15H29N/c1-11-7-8-15(12(2)9-11)16-13(3)10-14-5-4-6-14/h11-16H,4-10H2,1-3H3. The van der Waals surface area contributed by atoms with Gasteiger partial charge in [-0.05, 0) is 50.4 Å². The first-order valence-electron chi connectivity index (χ1n) is 7.41. The van der Waals surface area contributed by atoms with Gasteiger partial charge in [-0.15, -0.1) is 0 Å². The second-order valence-electron chi connectivity index (χ2n) is 6.60. The highest BCUT2D eigenvalue weighted by Gasteiger charge is 2.27. The Labute approximate surface area is 101 Å². The van der Waals surface area contributed by atoms with Crippen molar-refractivity contribution in [1.29, 1.82) is 0 Å². The lowest BCUT2D eigenvalue weighted by molar-refractivity contribution is 0.194. The Kier molecular flexibility index (Phi) is 4.29. The maximum Gasteiger partial charge on any atom is 0.00953 e. The molecule has 4 atom stereocenters. The first kappa shape index (κ1) is 12.4. The summed E-state index contributed by atoms with van der Waals surface area (Å²) >= 11 is 0. The van der Waals surface area contributed by atoms with Crippen molar-refractivity contribution in [2.75, 3.05) is 0 Å². The monoisotopic (exact) mass is 223 g/mol. The Balaban J connectivity index is 1.70. The minimum absolute atomic E-state index is 0.742. The quantitative estimate of drug-likeness (QED) is 0.760. The molecule has 0 aromatic rings. The van der Waals surface area contributed by atoms with Crippen LogP contribution < -0.4 is 5.32 Å². The maximum absolute atomic E-state index is 3.89. The summed E-state index contributed by atoms with van der Waals surface area (Å²) in [6, 6.07) is 1.54. The molecule has 0 bridgehead atoms. The smallest absolute Gasteiger partial charge is 0.00953 e. The molecule has 2 fully saturated rings. The van der Waals surface area contributed by atoms with Crippen LogP contribution in [0.1, 0.15) is 65.7 Å². The van der Waals surface area contributed by atoms with E-state index in [0.717, 1.165) is 29.8 Å². The van der Waals surface area contributed by atoms with Crippen LogP contribution in [0, 0.1) is 17.8 Å². The Morgan fingerprint density at radius 2 is 1.88 bits per heavy atom. The summed E-state index contributed by atoms with van der Waals surface area (Å²) in [5.41, 5.74) is 0. The van der Waals surface area contributed by atoms with Crippen molar-refractivity contribution >= 4 is 0 Å². The molecule has 16 heavy (non-hydrogen) atoms. The molecule has 1 nitrogen and oxygen atoms in total. The molecule has 94 valence electrons. The fraction of sp³-hybridized carbons (Fsp3) is 1.00. The van der Waals surface area contributed by atoms with Crippen LogP contribution >= 0.6 is 0 Å². The van der Waals surface area contributed by atoms with Crippen molar-refractivity contribution in [3.63, 3.8) is 0 Å². The topological polar surface area (TPSA) is 12.0 Å². The van der Waals surface area contributed by atoms with Crippen LogP contribution in [0.2, 0.25) is 0 Å². The van der Waals surface area contributed by atoms with E-state index in [1.165, 1.54) is 44.9 Å². The Bertz CT molecular complexity index is 209. The molecule has 0 saturated heterocycles. The van der Waals surface area contributed by atoms with E-state index in [-0.39, 0.29) is 0 Å². The highest BCUT2D eigenvalue weighted by molar-refractivity contribution is 4.84. The normalized spacial score (nSPS) is 38.1. The zero-order valence-electron chi connectivity index (χ0n) is 11.3. The van der Waals surface area contributed by atoms with Gasteiger partial charge in [-0.1, -0.05) is 33.1 Å². The van der Waals surface area contributed by atoms with Crippen LogP contribution in [-0.2, 0) is 0 Å². The van der Waals surface area contributed by atoms with Crippen LogP contribution in [0.15, 0.2) is 0 Å². The van der Waals surface area contributed by atoms with Crippen molar-refractivity contribution in [1.82, 2.24) is 5.32 Å². The minimum Gasteiger partial charge on any atom is -0.311 e. The summed E-state index contributed by atoms with van der Waals surface area (Å²) in [6.45, 7) is 7.23. The molecule has 0 aliphatic heterocycles. The summed E-state index contributed by atoms with van der Waals surface area (Å²) in [6.07, 6.45) is 10.1. The second-order valence-corrected chi connectivity index (χ2v) is 6.60.